The van der Waals surface area contributed by atoms with E-state index in [1.807, 2.05) is 72.8 Å². The zero-order valence-electron chi connectivity index (χ0n) is 22.3. The fourth-order valence-corrected chi connectivity index (χ4v) is 8.55. The molecule has 0 unspecified atom stereocenters. The van der Waals surface area contributed by atoms with Crippen molar-refractivity contribution in [3.8, 4) is 0 Å². The predicted octanol–water partition coefficient (Wildman–Crippen LogP) is 8.25. The molecule has 0 bridgehead atoms. The van der Waals surface area contributed by atoms with E-state index in [1.165, 1.54) is 0 Å². The Labute approximate surface area is 244 Å². The molecule has 0 amide bonds. The minimum atomic E-state index is -4.00. The Morgan fingerprint density at radius 2 is 0.667 bits per heavy atom. The van der Waals surface area contributed by atoms with Crippen molar-refractivity contribution in [2.45, 2.75) is 9.79 Å². The van der Waals surface area contributed by atoms with Crippen LogP contribution in [-0.4, -0.2) is 16.8 Å². The highest BCUT2D eigenvalue weighted by Gasteiger charge is 2.30. The Balaban J connectivity index is 1.63. The maximum absolute atomic E-state index is 14.3. The van der Waals surface area contributed by atoms with E-state index < -0.39 is 19.7 Å². The van der Waals surface area contributed by atoms with Crippen molar-refractivity contribution < 1.29 is 16.8 Å². The highest BCUT2D eigenvalue weighted by molar-refractivity contribution is 8.01. The standard InChI is InChI=1S/C36H24O4S2/c37-41(38,31-15-3-1-4-16-31)35-23-29-19-25-11-8-10-14-28(25)22-34(29)36(42(39,40)32-17-5-2-6-18-32)24-30-20-26-12-7-9-13-27(26)21-33(30)35/h1-24H/b29-23?,30-24?,35-23+,35-33?,36-24+,36-34?. The first kappa shape index (κ1) is 26.1. The molecule has 0 heterocycles. The van der Waals surface area contributed by atoms with Gasteiger partial charge in [-0.2, -0.15) is 0 Å². The maximum Gasteiger partial charge on any atom is 0.207 e. The zero-order chi connectivity index (χ0) is 28.9. The van der Waals surface area contributed by atoms with Gasteiger partial charge in [0.25, 0.3) is 0 Å². The lowest BCUT2D eigenvalue weighted by molar-refractivity contribution is 0.604. The number of hydrogen-bond acceptors (Lipinski definition) is 4. The van der Waals surface area contributed by atoms with Crippen molar-refractivity contribution in [1.82, 2.24) is 0 Å². The lowest BCUT2D eigenvalue weighted by Crippen LogP contribution is -2.10. The molecule has 0 atom stereocenters. The molecular formula is C36H24O4S2. The molecule has 0 saturated carbocycles. The highest BCUT2D eigenvalue weighted by atomic mass is 32.2. The average molecular weight is 585 g/mol. The van der Waals surface area contributed by atoms with Crippen LogP contribution in [0.25, 0.3) is 43.5 Å². The van der Waals surface area contributed by atoms with Gasteiger partial charge in [-0.3, -0.25) is 0 Å². The summed E-state index contributed by atoms with van der Waals surface area (Å²) in [6, 6.07) is 39.4. The molecule has 42 heavy (non-hydrogen) atoms. The summed E-state index contributed by atoms with van der Waals surface area (Å²) in [5.74, 6) is 0. The molecule has 1 aliphatic rings. The van der Waals surface area contributed by atoms with Crippen molar-refractivity contribution in [3.05, 3.63) is 156 Å². The second kappa shape index (κ2) is 9.94. The van der Waals surface area contributed by atoms with E-state index in [2.05, 4.69) is 0 Å². The predicted molar refractivity (Wildman–Crippen MR) is 171 cm³/mol. The maximum atomic E-state index is 14.3. The van der Waals surface area contributed by atoms with Gasteiger partial charge < -0.3 is 0 Å². The number of fused-ring (bicyclic) bond motifs is 4. The van der Waals surface area contributed by atoms with Crippen LogP contribution in [0.2, 0.25) is 0 Å². The molecule has 0 fully saturated rings. The third kappa shape index (κ3) is 4.36. The number of rotatable bonds is 4. The largest absolute Gasteiger partial charge is 0.218 e. The first-order chi connectivity index (χ1) is 20.3. The summed E-state index contributed by atoms with van der Waals surface area (Å²) in [7, 11) is -8.00. The second-order valence-electron chi connectivity index (χ2n) is 10.2. The van der Waals surface area contributed by atoms with Crippen LogP contribution >= 0.6 is 0 Å². The Kier molecular flexibility index (Phi) is 6.19. The summed E-state index contributed by atoms with van der Waals surface area (Å²) in [6.45, 7) is 0. The molecule has 0 aliphatic heterocycles. The Hall–Kier alpha value is -4.78. The van der Waals surface area contributed by atoms with Gasteiger partial charge in [-0.15, -0.1) is 0 Å². The van der Waals surface area contributed by atoms with E-state index in [4.69, 9.17) is 0 Å². The molecule has 0 N–H and O–H groups in total. The third-order valence-electron chi connectivity index (χ3n) is 7.63. The smallest absolute Gasteiger partial charge is 0.207 e. The lowest BCUT2D eigenvalue weighted by atomic mass is 9.93. The van der Waals surface area contributed by atoms with E-state index >= 15 is 0 Å². The monoisotopic (exact) mass is 584 g/mol. The zero-order valence-corrected chi connectivity index (χ0v) is 23.9. The van der Waals surface area contributed by atoms with Crippen molar-refractivity contribution in [1.29, 1.82) is 0 Å². The summed E-state index contributed by atoms with van der Waals surface area (Å²) in [6.07, 6.45) is 3.26. The van der Waals surface area contributed by atoms with Crippen LogP contribution in [0.3, 0.4) is 0 Å². The van der Waals surface area contributed by atoms with Crippen LogP contribution in [0.15, 0.2) is 143 Å². The van der Waals surface area contributed by atoms with Crippen LogP contribution < -0.4 is 0 Å². The van der Waals surface area contributed by atoms with Crippen LogP contribution in [-0.2, 0) is 19.7 Å². The molecule has 6 heteroatoms. The molecule has 0 saturated heterocycles. The van der Waals surface area contributed by atoms with Crippen molar-refractivity contribution in [2.24, 2.45) is 0 Å². The van der Waals surface area contributed by atoms with Crippen LogP contribution in [0, 0.1) is 0 Å². The summed E-state index contributed by atoms with van der Waals surface area (Å²) in [4.78, 5) is 0.551. The SMILES string of the molecule is O=S(=O)(/C1=C/c2cc3ccccc3cc2/C(S(=O)(=O)c2ccccc2)=C\c2cc3ccccc3cc21)c1ccccc1. The average Bonchev–Trinajstić information content (AvgIpc) is 3.01. The molecule has 0 radical (unpaired) electrons. The van der Waals surface area contributed by atoms with Crippen molar-refractivity contribution >= 4 is 63.2 Å². The molecular weight excluding hydrogens is 561 g/mol. The van der Waals surface area contributed by atoms with Crippen molar-refractivity contribution in [2.75, 3.05) is 0 Å². The van der Waals surface area contributed by atoms with Crippen LogP contribution in [0.1, 0.15) is 22.3 Å². The van der Waals surface area contributed by atoms with Gasteiger partial charge in [-0.1, -0.05) is 84.9 Å². The van der Waals surface area contributed by atoms with Gasteiger partial charge >= 0.3 is 0 Å². The Bertz CT molecular complexity index is 2140. The number of benzene rings is 6. The quantitative estimate of drug-likeness (QED) is 0.209. The minimum absolute atomic E-state index is 0.110. The molecule has 7 rings (SSSR count). The van der Waals surface area contributed by atoms with Gasteiger partial charge in [-0.05, 0) is 93.4 Å². The second-order valence-corrected chi connectivity index (χ2v) is 14.1. The van der Waals surface area contributed by atoms with Gasteiger partial charge in [0, 0.05) is 11.1 Å². The van der Waals surface area contributed by atoms with E-state index in [9.17, 15) is 16.8 Å². The van der Waals surface area contributed by atoms with Gasteiger partial charge in [0.05, 0.1) is 19.6 Å². The summed E-state index contributed by atoms with van der Waals surface area (Å²) >= 11 is 0. The summed E-state index contributed by atoms with van der Waals surface area (Å²) in [5, 5.41) is 3.45. The summed E-state index contributed by atoms with van der Waals surface area (Å²) < 4.78 is 57.3. The normalized spacial score (nSPS) is 15.9. The molecule has 0 spiro atoms. The minimum Gasteiger partial charge on any atom is -0.218 e. The molecule has 1 aliphatic carbocycles. The van der Waals surface area contributed by atoms with Crippen molar-refractivity contribution in [3.63, 3.8) is 0 Å². The Morgan fingerprint density at radius 3 is 1.02 bits per heavy atom. The highest BCUT2D eigenvalue weighted by Crippen LogP contribution is 2.42. The number of sulfone groups is 2. The number of hydrogen-bond donors (Lipinski definition) is 0. The first-order valence-electron chi connectivity index (χ1n) is 13.4. The van der Waals surface area contributed by atoms with E-state index in [0.717, 1.165) is 21.5 Å². The van der Waals surface area contributed by atoms with E-state index in [1.54, 1.807) is 72.8 Å². The topological polar surface area (TPSA) is 68.3 Å². The molecule has 6 aromatic rings. The molecule has 0 aromatic heterocycles. The molecule has 6 aromatic carbocycles. The molecule has 4 nitrogen and oxygen atoms in total. The molecule has 204 valence electrons. The van der Waals surface area contributed by atoms with Gasteiger partial charge in [0.2, 0.25) is 19.7 Å². The van der Waals surface area contributed by atoms with Crippen LogP contribution in [0.5, 0.6) is 0 Å². The van der Waals surface area contributed by atoms with E-state index in [-0.39, 0.29) is 19.6 Å². The summed E-state index contributed by atoms with van der Waals surface area (Å²) in [5.41, 5.74) is 1.90. The fourth-order valence-electron chi connectivity index (χ4n) is 5.52. The van der Waals surface area contributed by atoms with Gasteiger partial charge in [-0.25, -0.2) is 16.8 Å². The fraction of sp³-hybridized carbons (Fsp3) is 0. The third-order valence-corrected chi connectivity index (χ3v) is 11.2. The van der Waals surface area contributed by atoms with Crippen LogP contribution in [0.4, 0.5) is 0 Å². The van der Waals surface area contributed by atoms with E-state index in [0.29, 0.717) is 22.3 Å². The lowest BCUT2D eigenvalue weighted by Gasteiger charge is -2.21. The Morgan fingerprint density at radius 1 is 0.357 bits per heavy atom. The first-order valence-corrected chi connectivity index (χ1v) is 16.4. The van der Waals surface area contributed by atoms with Gasteiger partial charge in [0.1, 0.15) is 0 Å². The van der Waals surface area contributed by atoms with Gasteiger partial charge in [0.15, 0.2) is 0 Å².